The first-order valence-corrected chi connectivity index (χ1v) is 7.87. The highest BCUT2D eigenvalue weighted by molar-refractivity contribution is 6.04. The van der Waals surface area contributed by atoms with Gasteiger partial charge in [-0.15, -0.1) is 0 Å². The lowest BCUT2D eigenvalue weighted by molar-refractivity contribution is -0.384. The van der Waals surface area contributed by atoms with Crippen LogP contribution in [0.4, 0.5) is 11.4 Å². The summed E-state index contributed by atoms with van der Waals surface area (Å²) >= 11 is 0. The molecule has 1 heterocycles. The second-order valence-corrected chi connectivity index (χ2v) is 5.57. The molecule has 0 radical (unpaired) electrons. The van der Waals surface area contributed by atoms with Gasteiger partial charge in [0.05, 0.1) is 22.4 Å². The van der Waals surface area contributed by atoms with E-state index in [9.17, 15) is 14.9 Å². The van der Waals surface area contributed by atoms with Crippen LogP contribution in [-0.2, 0) is 6.42 Å². The van der Waals surface area contributed by atoms with Crippen LogP contribution in [0, 0.1) is 10.1 Å². The zero-order chi connectivity index (χ0) is 18.5. The highest BCUT2D eigenvalue weighted by Crippen LogP contribution is 2.16. The summed E-state index contributed by atoms with van der Waals surface area (Å²) in [6.45, 7) is 0.0769. The number of hydrogen-bond donors (Lipinski definition) is 2. The van der Waals surface area contributed by atoms with Crippen molar-refractivity contribution < 1.29 is 14.8 Å². The summed E-state index contributed by atoms with van der Waals surface area (Å²) in [7, 11) is 0. The van der Waals surface area contributed by atoms with Gasteiger partial charge in [0.25, 0.3) is 11.6 Å². The summed E-state index contributed by atoms with van der Waals surface area (Å²) in [5.74, 6) is -0.312. The molecule has 0 saturated heterocycles. The quantitative estimate of drug-likeness (QED) is 0.523. The molecule has 0 atom stereocenters. The fourth-order valence-electron chi connectivity index (χ4n) is 2.40. The summed E-state index contributed by atoms with van der Waals surface area (Å²) in [4.78, 5) is 22.5. The molecule has 132 valence electrons. The Morgan fingerprint density at radius 3 is 2.46 bits per heavy atom. The monoisotopic (exact) mass is 352 g/mol. The molecule has 2 aromatic carbocycles. The number of aliphatic hydroxyl groups is 1. The van der Waals surface area contributed by atoms with E-state index >= 15 is 0 Å². The van der Waals surface area contributed by atoms with Crippen molar-refractivity contribution in [3.05, 3.63) is 82.2 Å². The highest BCUT2D eigenvalue weighted by atomic mass is 16.6. The molecule has 1 amide bonds. The van der Waals surface area contributed by atoms with Crippen LogP contribution >= 0.6 is 0 Å². The summed E-state index contributed by atoms with van der Waals surface area (Å²) in [6, 6.07) is 13.1. The first-order chi connectivity index (χ1) is 12.6. The van der Waals surface area contributed by atoms with Crippen LogP contribution in [0.3, 0.4) is 0 Å². The number of rotatable bonds is 6. The number of hydrogen-bond acceptors (Lipinski definition) is 5. The number of aliphatic hydroxyl groups excluding tert-OH is 1. The van der Waals surface area contributed by atoms with Gasteiger partial charge in [-0.3, -0.25) is 14.9 Å². The molecular formula is C18H16N4O4. The Hall–Kier alpha value is -3.52. The summed E-state index contributed by atoms with van der Waals surface area (Å²) in [5.41, 5.74) is 2.59. The maximum atomic E-state index is 12.3. The van der Waals surface area contributed by atoms with E-state index in [1.807, 2.05) is 12.1 Å². The number of amides is 1. The number of anilines is 1. The zero-order valence-corrected chi connectivity index (χ0v) is 13.7. The largest absolute Gasteiger partial charge is 0.396 e. The Kier molecular flexibility index (Phi) is 5.04. The van der Waals surface area contributed by atoms with Crippen molar-refractivity contribution in [3.8, 4) is 5.69 Å². The topological polar surface area (TPSA) is 110 Å². The van der Waals surface area contributed by atoms with E-state index in [4.69, 9.17) is 5.11 Å². The van der Waals surface area contributed by atoms with Gasteiger partial charge in [0.2, 0.25) is 0 Å². The molecule has 3 aromatic rings. The van der Waals surface area contributed by atoms with E-state index in [1.54, 1.807) is 30.5 Å². The number of nitrogens with one attached hydrogen (secondary N) is 1. The van der Waals surface area contributed by atoms with Gasteiger partial charge in [-0.2, -0.15) is 5.10 Å². The fraction of sp³-hybridized carbons (Fsp3) is 0.111. The predicted octanol–water partition coefficient (Wildman–Crippen LogP) is 2.57. The number of carbonyl (C=O) groups is 1. The van der Waals surface area contributed by atoms with Crippen LogP contribution in [0.1, 0.15) is 15.9 Å². The molecule has 0 unspecified atom stereocenters. The first-order valence-electron chi connectivity index (χ1n) is 7.87. The molecule has 1 aromatic heterocycles. The predicted molar refractivity (Wildman–Crippen MR) is 95.4 cm³/mol. The van der Waals surface area contributed by atoms with Gasteiger partial charge >= 0.3 is 0 Å². The van der Waals surface area contributed by atoms with Crippen molar-refractivity contribution in [2.24, 2.45) is 0 Å². The maximum absolute atomic E-state index is 12.3. The standard InChI is InChI=1S/C18H16N4O4/c23-10-9-13-1-3-15(4-2-13)20-18(24)14-11-19-21(12-14)16-5-7-17(8-6-16)22(25)26/h1-8,11-12,23H,9-10H2,(H,20,24). The number of non-ortho nitro benzene ring substituents is 1. The normalized spacial score (nSPS) is 10.5. The minimum atomic E-state index is -0.475. The number of nitrogens with zero attached hydrogens (tertiary/aromatic N) is 3. The molecule has 8 heteroatoms. The Balaban J connectivity index is 1.70. The van der Waals surface area contributed by atoms with Gasteiger partial charge in [-0.25, -0.2) is 4.68 Å². The number of benzene rings is 2. The smallest absolute Gasteiger partial charge is 0.269 e. The molecular weight excluding hydrogens is 336 g/mol. The van der Waals surface area contributed by atoms with Crippen molar-refractivity contribution in [1.82, 2.24) is 9.78 Å². The minimum Gasteiger partial charge on any atom is -0.396 e. The van der Waals surface area contributed by atoms with E-state index in [0.29, 0.717) is 23.4 Å². The van der Waals surface area contributed by atoms with Crippen LogP contribution in [0.25, 0.3) is 5.69 Å². The summed E-state index contributed by atoms with van der Waals surface area (Å²) in [5, 5.41) is 26.5. The van der Waals surface area contributed by atoms with E-state index < -0.39 is 4.92 Å². The lowest BCUT2D eigenvalue weighted by atomic mass is 10.1. The van der Waals surface area contributed by atoms with Crippen LogP contribution in [0.2, 0.25) is 0 Å². The average Bonchev–Trinajstić information content (AvgIpc) is 3.14. The minimum absolute atomic E-state index is 0.0106. The Bertz CT molecular complexity index is 917. The molecule has 3 rings (SSSR count). The van der Waals surface area contributed by atoms with Crippen molar-refractivity contribution >= 4 is 17.3 Å². The van der Waals surface area contributed by atoms with Crippen molar-refractivity contribution in [3.63, 3.8) is 0 Å². The molecule has 0 spiro atoms. The number of carbonyl (C=O) groups excluding carboxylic acids is 1. The van der Waals surface area contributed by atoms with E-state index in [2.05, 4.69) is 10.4 Å². The molecule has 0 aliphatic rings. The number of nitro groups is 1. The van der Waals surface area contributed by atoms with Gasteiger partial charge in [0.1, 0.15) is 0 Å². The molecule has 26 heavy (non-hydrogen) atoms. The Labute approximate surface area is 148 Å². The van der Waals surface area contributed by atoms with Gasteiger partial charge < -0.3 is 10.4 Å². The van der Waals surface area contributed by atoms with Gasteiger partial charge in [0, 0.05) is 30.6 Å². The van der Waals surface area contributed by atoms with E-state index in [-0.39, 0.29) is 18.2 Å². The molecule has 0 bridgehead atoms. The van der Waals surface area contributed by atoms with Gasteiger partial charge in [-0.1, -0.05) is 12.1 Å². The molecule has 8 nitrogen and oxygen atoms in total. The lowest BCUT2D eigenvalue weighted by Gasteiger charge is -2.05. The first kappa shape index (κ1) is 17.3. The lowest BCUT2D eigenvalue weighted by Crippen LogP contribution is -2.11. The SMILES string of the molecule is O=C(Nc1ccc(CCO)cc1)c1cnn(-c2ccc([N+](=O)[O-])cc2)c1. The average molecular weight is 352 g/mol. The van der Waals surface area contributed by atoms with E-state index in [0.717, 1.165) is 5.56 Å². The molecule has 2 N–H and O–H groups in total. The number of nitro benzene ring substituents is 1. The van der Waals surface area contributed by atoms with Gasteiger partial charge in [-0.05, 0) is 36.2 Å². The second kappa shape index (κ2) is 7.58. The highest BCUT2D eigenvalue weighted by Gasteiger charge is 2.11. The van der Waals surface area contributed by atoms with Crippen LogP contribution in [0.15, 0.2) is 60.9 Å². The van der Waals surface area contributed by atoms with Crippen molar-refractivity contribution in [1.29, 1.82) is 0 Å². The summed E-state index contributed by atoms with van der Waals surface area (Å²) < 4.78 is 1.48. The third-order valence-corrected chi connectivity index (χ3v) is 3.78. The van der Waals surface area contributed by atoms with Crippen LogP contribution in [-0.4, -0.2) is 32.3 Å². The van der Waals surface area contributed by atoms with Crippen LogP contribution < -0.4 is 5.32 Å². The van der Waals surface area contributed by atoms with Crippen molar-refractivity contribution in [2.45, 2.75) is 6.42 Å². The number of aromatic nitrogens is 2. The molecule has 0 aliphatic heterocycles. The Morgan fingerprint density at radius 2 is 1.85 bits per heavy atom. The second-order valence-electron chi connectivity index (χ2n) is 5.57. The van der Waals surface area contributed by atoms with E-state index in [1.165, 1.54) is 23.0 Å². The Morgan fingerprint density at radius 1 is 1.15 bits per heavy atom. The molecule has 0 fully saturated rings. The molecule has 0 saturated carbocycles. The third-order valence-electron chi connectivity index (χ3n) is 3.78. The van der Waals surface area contributed by atoms with Crippen LogP contribution in [0.5, 0.6) is 0 Å². The summed E-state index contributed by atoms with van der Waals surface area (Å²) in [6.07, 6.45) is 3.55. The van der Waals surface area contributed by atoms with Gasteiger partial charge in [0.15, 0.2) is 0 Å². The maximum Gasteiger partial charge on any atom is 0.269 e. The zero-order valence-electron chi connectivity index (χ0n) is 13.7. The van der Waals surface area contributed by atoms with Crippen molar-refractivity contribution in [2.75, 3.05) is 11.9 Å². The third kappa shape index (κ3) is 3.93. The molecule has 0 aliphatic carbocycles. The fourth-order valence-corrected chi connectivity index (χ4v) is 2.40.